The molecule has 0 amide bonds. The first-order chi connectivity index (χ1) is 8.19. The fraction of sp³-hybridized carbons (Fsp3) is 0.231. The summed E-state index contributed by atoms with van der Waals surface area (Å²) in [4.78, 5) is 12.0. The van der Waals surface area contributed by atoms with Gasteiger partial charge in [-0.15, -0.1) is 0 Å². The van der Waals surface area contributed by atoms with E-state index in [9.17, 15) is 4.79 Å². The summed E-state index contributed by atoms with van der Waals surface area (Å²) in [6.45, 7) is 0.354. The SMILES string of the molecule is COc1ccc(C(=O)Cn2cc[n+](C)c2)cc1.[Br-]. The van der Waals surface area contributed by atoms with Crippen LogP contribution in [0.15, 0.2) is 43.0 Å². The molecule has 1 aromatic heterocycles. The van der Waals surface area contributed by atoms with Gasteiger partial charge >= 0.3 is 0 Å². The highest BCUT2D eigenvalue weighted by Crippen LogP contribution is 2.12. The van der Waals surface area contributed by atoms with E-state index >= 15 is 0 Å². The zero-order valence-corrected chi connectivity index (χ0v) is 11.9. The second kappa shape index (κ2) is 6.35. The fourth-order valence-corrected chi connectivity index (χ4v) is 1.63. The predicted molar refractivity (Wildman–Crippen MR) is 62.9 cm³/mol. The van der Waals surface area contributed by atoms with E-state index < -0.39 is 0 Å². The summed E-state index contributed by atoms with van der Waals surface area (Å²) in [5, 5.41) is 0. The Labute approximate surface area is 117 Å². The number of hydrogen-bond donors (Lipinski definition) is 0. The van der Waals surface area contributed by atoms with Gasteiger partial charge in [0.25, 0.3) is 0 Å². The topological polar surface area (TPSA) is 35.1 Å². The first kappa shape index (κ1) is 14.4. The Kier molecular flexibility index (Phi) is 5.09. The Hall–Kier alpha value is -1.62. The van der Waals surface area contributed by atoms with Gasteiger partial charge in [0.05, 0.1) is 14.2 Å². The van der Waals surface area contributed by atoms with Gasteiger partial charge in [0.15, 0.2) is 6.54 Å². The predicted octanol–water partition coefficient (Wildman–Crippen LogP) is -1.79. The Bertz CT molecular complexity index is 520. The average Bonchev–Trinajstić information content (AvgIpc) is 2.75. The molecule has 0 atom stereocenters. The Morgan fingerprint density at radius 3 is 2.50 bits per heavy atom. The monoisotopic (exact) mass is 310 g/mol. The van der Waals surface area contributed by atoms with Crippen molar-refractivity contribution in [3.63, 3.8) is 0 Å². The zero-order valence-electron chi connectivity index (χ0n) is 10.3. The third-order valence-corrected chi connectivity index (χ3v) is 2.56. The summed E-state index contributed by atoms with van der Waals surface area (Å²) in [7, 11) is 3.53. The first-order valence-corrected chi connectivity index (χ1v) is 5.37. The number of hydrogen-bond acceptors (Lipinski definition) is 2. The lowest BCUT2D eigenvalue weighted by molar-refractivity contribution is -0.671. The van der Waals surface area contributed by atoms with E-state index in [1.54, 1.807) is 31.4 Å². The van der Waals surface area contributed by atoms with Crippen LogP contribution in [0.4, 0.5) is 0 Å². The smallest absolute Gasteiger partial charge is 0.243 e. The van der Waals surface area contributed by atoms with E-state index in [4.69, 9.17) is 4.74 Å². The number of Topliss-reactive ketones (excluding diaryl/α,β-unsaturated/α-hetero) is 1. The number of carbonyl (C=O) groups excluding carboxylic acids is 1. The van der Waals surface area contributed by atoms with Gasteiger partial charge in [0.2, 0.25) is 12.1 Å². The molecular formula is C13H15BrN2O2. The molecule has 2 rings (SSSR count). The number of ketones is 1. The van der Waals surface area contributed by atoms with Gasteiger partial charge in [-0.3, -0.25) is 4.79 Å². The van der Waals surface area contributed by atoms with Crippen molar-refractivity contribution in [2.24, 2.45) is 7.05 Å². The number of aryl methyl sites for hydroxylation is 1. The number of rotatable bonds is 4. The molecule has 2 aromatic rings. The largest absolute Gasteiger partial charge is 1.00 e. The normalized spacial score (nSPS) is 9.67. The number of nitrogens with zero attached hydrogens (tertiary/aromatic N) is 2. The molecule has 0 unspecified atom stereocenters. The molecular weight excluding hydrogens is 296 g/mol. The summed E-state index contributed by atoms with van der Waals surface area (Å²) < 4.78 is 8.81. The molecule has 0 aliphatic rings. The molecule has 0 spiro atoms. The van der Waals surface area contributed by atoms with Gasteiger partial charge in [-0.05, 0) is 24.3 Å². The van der Waals surface area contributed by atoms with Crippen molar-refractivity contribution in [1.82, 2.24) is 4.57 Å². The van der Waals surface area contributed by atoms with E-state index in [2.05, 4.69) is 0 Å². The molecule has 0 radical (unpaired) electrons. The lowest BCUT2D eigenvalue weighted by Gasteiger charge is -2.01. The lowest BCUT2D eigenvalue weighted by Crippen LogP contribution is -3.00. The molecule has 96 valence electrons. The van der Waals surface area contributed by atoms with Crippen LogP contribution in [0.1, 0.15) is 10.4 Å². The minimum absolute atomic E-state index is 0. The summed E-state index contributed by atoms with van der Waals surface area (Å²) >= 11 is 0. The number of imidazole rings is 1. The summed E-state index contributed by atoms with van der Waals surface area (Å²) in [5.41, 5.74) is 0.696. The van der Waals surface area contributed by atoms with Crippen molar-refractivity contribution in [2.75, 3.05) is 7.11 Å². The van der Waals surface area contributed by atoms with Crippen LogP contribution in [0.2, 0.25) is 0 Å². The van der Waals surface area contributed by atoms with Crippen LogP contribution in [0.5, 0.6) is 5.75 Å². The summed E-state index contributed by atoms with van der Waals surface area (Å²) in [6.07, 6.45) is 5.66. The highest BCUT2D eigenvalue weighted by molar-refractivity contribution is 5.95. The Morgan fingerprint density at radius 1 is 1.33 bits per heavy atom. The minimum Gasteiger partial charge on any atom is -1.00 e. The van der Waals surface area contributed by atoms with Crippen molar-refractivity contribution in [2.45, 2.75) is 6.54 Å². The highest BCUT2D eigenvalue weighted by atomic mass is 79.9. The molecule has 5 heteroatoms. The van der Waals surface area contributed by atoms with Gasteiger partial charge < -0.3 is 21.7 Å². The zero-order chi connectivity index (χ0) is 12.3. The maximum Gasteiger partial charge on any atom is 0.243 e. The van der Waals surface area contributed by atoms with Crippen LogP contribution in [0.3, 0.4) is 0 Å². The number of ether oxygens (including phenoxy) is 1. The van der Waals surface area contributed by atoms with Gasteiger partial charge in [0, 0.05) is 5.56 Å². The average molecular weight is 311 g/mol. The number of halogens is 1. The fourth-order valence-electron chi connectivity index (χ4n) is 1.63. The number of methoxy groups -OCH3 is 1. The van der Waals surface area contributed by atoms with Crippen LogP contribution >= 0.6 is 0 Å². The van der Waals surface area contributed by atoms with E-state index in [-0.39, 0.29) is 22.8 Å². The second-order valence-corrected chi connectivity index (χ2v) is 3.90. The second-order valence-electron chi connectivity index (χ2n) is 3.90. The Balaban J connectivity index is 0.00000162. The molecule has 4 nitrogen and oxygen atoms in total. The van der Waals surface area contributed by atoms with Crippen LogP contribution < -0.4 is 26.3 Å². The van der Waals surface area contributed by atoms with Gasteiger partial charge in [-0.25, -0.2) is 9.13 Å². The van der Waals surface area contributed by atoms with Crippen molar-refractivity contribution >= 4 is 5.78 Å². The Morgan fingerprint density at radius 2 is 2.00 bits per heavy atom. The molecule has 0 bridgehead atoms. The molecule has 0 N–H and O–H groups in total. The molecule has 1 heterocycles. The van der Waals surface area contributed by atoms with E-state index in [1.165, 1.54) is 0 Å². The molecule has 18 heavy (non-hydrogen) atoms. The van der Waals surface area contributed by atoms with Crippen molar-refractivity contribution in [3.8, 4) is 5.75 Å². The quantitative estimate of drug-likeness (QED) is 0.494. The summed E-state index contributed by atoms with van der Waals surface area (Å²) in [6, 6.07) is 7.15. The van der Waals surface area contributed by atoms with Gasteiger partial charge in [-0.2, -0.15) is 0 Å². The maximum atomic E-state index is 12.0. The third kappa shape index (κ3) is 3.43. The van der Waals surface area contributed by atoms with E-state index in [0.29, 0.717) is 12.1 Å². The number of benzene rings is 1. The summed E-state index contributed by atoms with van der Waals surface area (Å²) in [5.74, 6) is 0.845. The van der Waals surface area contributed by atoms with Crippen molar-refractivity contribution < 1.29 is 31.1 Å². The molecule has 1 aromatic carbocycles. The van der Waals surface area contributed by atoms with Crippen LogP contribution in [0, 0.1) is 0 Å². The third-order valence-electron chi connectivity index (χ3n) is 2.56. The number of aromatic nitrogens is 2. The van der Waals surface area contributed by atoms with Crippen LogP contribution in [-0.4, -0.2) is 17.5 Å². The number of carbonyl (C=O) groups is 1. The van der Waals surface area contributed by atoms with E-state index in [0.717, 1.165) is 5.75 Å². The molecule has 0 aliphatic carbocycles. The minimum atomic E-state index is 0. The maximum absolute atomic E-state index is 12.0. The molecule has 0 saturated heterocycles. The van der Waals surface area contributed by atoms with E-state index in [1.807, 2.05) is 34.9 Å². The van der Waals surface area contributed by atoms with Crippen LogP contribution in [-0.2, 0) is 13.6 Å². The lowest BCUT2D eigenvalue weighted by atomic mass is 10.1. The first-order valence-electron chi connectivity index (χ1n) is 5.37. The standard InChI is InChI=1S/C13H15N2O2.BrH/c1-14-7-8-15(10-14)9-13(16)11-3-5-12(17-2)6-4-11;/h3-8,10H,9H2,1-2H3;1H/q+1;/p-1. The van der Waals surface area contributed by atoms with Crippen LogP contribution in [0.25, 0.3) is 0 Å². The highest BCUT2D eigenvalue weighted by Gasteiger charge is 2.10. The molecule has 0 aliphatic heterocycles. The van der Waals surface area contributed by atoms with Gasteiger partial charge in [0.1, 0.15) is 18.1 Å². The molecule has 0 saturated carbocycles. The van der Waals surface area contributed by atoms with Gasteiger partial charge in [-0.1, -0.05) is 0 Å². The molecule has 0 fully saturated rings. The van der Waals surface area contributed by atoms with Crippen molar-refractivity contribution in [3.05, 3.63) is 48.5 Å². The van der Waals surface area contributed by atoms with Crippen molar-refractivity contribution in [1.29, 1.82) is 0 Å².